The molecule has 188 valence electrons. The van der Waals surface area contributed by atoms with Gasteiger partial charge in [-0.05, 0) is 63.5 Å². The number of rotatable bonds is 10. The van der Waals surface area contributed by atoms with E-state index in [2.05, 4.69) is 29.2 Å². The van der Waals surface area contributed by atoms with Gasteiger partial charge in [0.25, 0.3) is 0 Å². The van der Waals surface area contributed by atoms with Crippen LogP contribution in [0.1, 0.15) is 12.2 Å². The van der Waals surface area contributed by atoms with Crippen LogP contribution >= 0.6 is 0 Å². The van der Waals surface area contributed by atoms with Crippen molar-refractivity contribution in [1.29, 1.82) is 0 Å². The molecule has 0 amide bonds. The van der Waals surface area contributed by atoms with Crippen molar-refractivity contribution in [2.24, 2.45) is 0 Å². The number of anilines is 1. The Morgan fingerprint density at radius 1 is 1.00 bits per heavy atom. The second-order valence-electron chi connectivity index (χ2n) is 8.94. The minimum atomic E-state index is -3.53. The van der Waals surface area contributed by atoms with Crippen LogP contribution in [0.4, 0.5) is 5.82 Å². The van der Waals surface area contributed by atoms with Gasteiger partial charge in [0.2, 0.25) is 10.0 Å². The van der Waals surface area contributed by atoms with Crippen molar-refractivity contribution >= 4 is 26.7 Å². The normalized spacial score (nSPS) is 15.5. The number of fused-ring (bicyclic) bond motifs is 1. The summed E-state index contributed by atoms with van der Waals surface area (Å²) in [7, 11) is 2.17. The van der Waals surface area contributed by atoms with Gasteiger partial charge in [-0.3, -0.25) is 4.90 Å². The predicted octanol–water partition coefficient (Wildman–Crippen LogP) is 2.51. The third-order valence-corrected chi connectivity index (χ3v) is 8.03. The van der Waals surface area contributed by atoms with Gasteiger partial charge < -0.3 is 15.0 Å². The molecule has 10 heteroatoms. The Morgan fingerprint density at radius 2 is 1.71 bits per heavy atom. The zero-order valence-electron chi connectivity index (χ0n) is 20.6. The third-order valence-electron chi connectivity index (χ3n) is 6.12. The average molecular weight is 499 g/mol. The summed E-state index contributed by atoms with van der Waals surface area (Å²) in [5.74, 6) is 2.23. The zero-order chi connectivity index (χ0) is 24.8. The molecule has 9 nitrogen and oxygen atoms in total. The summed E-state index contributed by atoms with van der Waals surface area (Å²) in [5, 5.41) is 4.49. The van der Waals surface area contributed by atoms with Gasteiger partial charge in [0.05, 0.1) is 24.1 Å². The van der Waals surface area contributed by atoms with Gasteiger partial charge in [0, 0.05) is 38.1 Å². The fourth-order valence-electron chi connectivity index (χ4n) is 4.16. The molecule has 2 heterocycles. The standard InChI is InChI=1S/C25H34N6O3S/c1-29(2)14-6-13-26-25-22-7-4-5-8-23(22)27-24(28-25)19-30-15-17-31(18-16-30)35(32,33)21-11-9-20(34-3)10-12-21/h4-5,7-12H,6,13-19H2,1-3H3,(H,26,27,28). The topological polar surface area (TPSA) is 90.9 Å². The van der Waals surface area contributed by atoms with E-state index in [0.29, 0.717) is 38.5 Å². The molecule has 1 saturated heterocycles. The van der Waals surface area contributed by atoms with Crippen LogP contribution in [-0.4, -0.2) is 93.0 Å². The number of hydrogen-bond donors (Lipinski definition) is 1. The zero-order valence-corrected chi connectivity index (χ0v) is 21.5. The number of methoxy groups -OCH3 is 1. The van der Waals surface area contributed by atoms with Gasteiger partial charge in [-0.25, -0.2) is 18.4 Å². The molecule has 0 radical (unpaired) electrons. The molecule has 0 bridgehead atoms. The van der Waals surface area contributed by atoms with E-state index in [1.807, 2.05) is 24.3 Å². The maximum absolute atomic E-state index is 13.0. The van der Waals surface area contributed by atoms with E-state index in [1.54, 1.807) is 35.7 Å². The third kappa shape index (κ3) is 6.26. The van der Waals surface area contributed by atoms with Crippen LogP contribution < -0.4 is 10.1 Å². The molecule has 0 spiro atoms. The van der Waals surface area contributed by atoms with E-state index < -0.39 is 10.0 Å². The van der Waals surface area contributed by atoms with E-state index in [0.717, 1.165) is 42.1 Å². The highest BCUT2D eigenvalue weighted by molar-refractivity contribution is 7.89. The number of para-hydroxylation sites is 1. The molecule has 1 N–H and O–H groups in total. The van der Waals surface area contributed by atoms with Gasteiger partial charge in [0.1, 0.15) is 17.4 Å². The highest BCUT2D eigenvalue weighted by atomic mass is 32.2. The molecule has 4 rings (SSSR count). The minimum absolute atomic E-state index is 0.287. The van der Waals surface area contributed by atoms with Crippen LogP contribution in [0, 0.1) is 0 Å². The first-order valence-corrected chi connectivity index (χ1v) is 13.3. The summed E-state index contributed by atoms with van der Waals surface area (Å²) in [6, 6.07) is 14.6. The molecule has 3 aromatic rings. The van der Waals surface area contributed by atoms with E-state index in [-0.39, 0.29) is 4.90 Å². The quantitative estimate of drug-likeness (QED) is 0.427. The van der Waals surface area contributed by atoms with Crippen molar-refractivity contribution in [3.63, 3.8) is 0 Å². The smallest absolute Gasteiger partial charge is 0.243 e. The van der Waals surface area contributed by atoms with Crippen LogP contribution in [0.3, 0.4) is 0 Å². The molecule has 2 aromatic carbocycles. The lowest BCUT2D eigenvalue weighted by Crippen LogP contribution is -2.48. The van der Waals surface area contributed by atoms with Crippen molar-refractivity contribution in [1.82, 2.24) is 24.1 Å². The Kier molecular flexibility index (Phi) is 8.17. The summed E-state index contributed by atoms with van der Waals surface area (Å²) in [6.45, 7) is 4.52. The molecule has 0 aliphatic carbocycles. The highest BCUT2D eigenvalue weighted by Crippen LogP contribution is 2.23. The Balaban J connectivity index is 1.41. The van der Waals surface area contributed by atoms with Gasteiger partial charge in [-0.15, -0.1) is 0 Å². The molecule has 0 atom stereocenters. The Hall–Kier alpha value is -2.79. The number of nitrogens with zero attached hydrogens (tertiary/aromatic N) is 5. The van der Waals surface area contributed by atoms with Crippen molar-refractivity contribution in [2.45, 2.75) is 17.9 Å². The monoisotopic (exact) mass is 498 g/mol. The first kappa shape index (κ1) is 25.3. The molecular formula is C25H34N6O3S. The lowest BCUT2D eigenvalue weighted by molar-refractivity contribution is 0.178. The summed E-state index contributed by atoms with van der Waals surface area (Å²) in [5.41, 5.74) is 0.910. The van der Waals surface area contributed by atoms with Crippen molar-refractivity contribution in [2.75, 3.05) is 65.8 Å². The first-order chi connectivity index (χ1) is 16.9. The van der Waals surface area contributed by atoms with Crippen LogP contribution in [0.25, 0.3) is 10.9 Å². The molecule has 0 unspecified atom stereocenters. The lowest BCUT2D eigenvalue weighted by atomic mass is 10.2. The number of aromatic nitrogens is 2. The maximum atomic E-state index is 13.0. The maximum Gasteiger partial charge on any atom is 0.243 e. The van der Waals surface area contributed by atoms with E-state index in [4.69, 9.17) is 14.7 Å². The largest absolute Gasteiger partial charge is 0.497 e. The Bertz CT molecular complexity index is 1230. The highest BCUT2D eigenvalue weighted by Gasteiger charge is 2.29. The number of benzene rings is 2. The van der Waals surface area contributed by atoms with E-state index in [1.165, 1.54) is 0 Å². The summed E-state index contributed by atoms with van der Waals surface area (Å²) in [6.07, 6.45) is 1.02. The Labute approximate surface area is 207 Å². The summed E-state index contributed by atoms with van der Waals surface area (Å²) >= 11 is 0. The van der Waals surface area contributed by atoms with Crippen molar-refractivity contribution in [3.8, 4) is 5.75 Å². The van der Waals surface area contributed by atoms with Gasteiger partial charge >= 0.3 is 0 Å². The van der Waals surface area contributed by atoms with E-state index >= 15 is 0 Å². The number of nitrogens with one attached hydrogen (secondary N) is 1. The molecule has 1 fully saturated rings. The fraction of sp³-hybridized carbons (Fsp3) is 0.440. The summed E-state index contributed by atoms with van der Waals surface area (Å²) < 4.78 is 32.8. The molecule has 1 aromatic heterocycles. The summed E-state index contributed by atoms with van der Waals surface area (Å²) in [4.78, 5) is 14.3. The van der Waals surface area contributed by atoms with Gasteiger partial charge in [0.15, 0.2) is 0 Å². The molecule has 1 aliphatic heterocycles. The predicted molar refractivity (Wildman–Crippen MR) is 138 cm³/mol. The van der Waals surface area contributed by atoms with Crippen molar-refractivity contribution in [3.05, 3.63) is 54.4 Å². The average Bonchev–Trinajstić information content (AvgIpc) is 2.87. The molecule has 1 aliphatic rings. The number of piperazine rings is 1. The first-order valence-electron chi connectivity index (χ1n) is 11.9. The number of hydrogen-bond acceptors (Lipinski definition) is 8. The second kappa shape index (κ2) is 11.3. The lowest BCUT2D eigenvalue weighted by Gasteiger charge is -2.33. The fourth-order valence-corrected chi connectivity index (χ4v) is 5.58. The van der Waals surface area contributed by atoms with Gasteiger partial charge in [-0.1, -0.05) is 12.1 Å². The van der Waals surface area contributed by atoms with Gasteiger partial charge in [-0.2, -0.15) is 4.31 Å². The minimum Gasteiger partial charge on any atom is -0.497 e. The molecule has 35 heavy (non-hydrogen) atoms. The molecule has 0 saturated carbocycles. The number of sulfonamides is 1. The van der Waals surface area contributed by atoms with E-state index in [9.17, 15) is 8.42 Å². The van der Waals surface area contributed by atoms with Crippen LogP contribution in [0.15, 0.2) is 53.4 Å². The molecular weight excluding hydrogens is 464 g/mol. The number of ether oxygens (including phenoxy) is 1. The second-order valence-corrected chi connectivity index (χ2v) is 10.9. The van der Waals surface area contributed by atoms with Crippen LogP contribution in [-0.2, 0) is 16.6 Å². The van der Waals surface area contributed by atoms with Crippen molar-refractivity contribution < 1.29 is 13.2 Å². The SMILES string of the molecule is COc1ccc(S(=O)(=O)N2CCN(Cc3nc(NCCCN(C)C)c4ccccc4n3)CC2)cc1. The Morgan fingerprint density at radius 3 is 2.40 bits per heavy atom. The van der Waals surface area contributed by atoms with Crippen LogP contribution in [0.2, 0.25) is 0 Å². The van der Waals surface area contributed by atoms with Crippen LogP contribution in [0.5, 0.6) is 5.75 Å².